The molecule has 1 fully saturated rings. The summed E-state index contributed by atoms with van der Waals surface area (Å²) in [6.45, 7) is 5.20. The number of aromatic nitrogens is 1. The van der Waals surface area contributed by atoms with Gasteiger partial charge in [0.2, 0.25) is 0 Å². The second kappa shape index (κ2) is 6.26. The van der Waals surface area contributed by atoms with Gasteiger partial charge in [0.05, 0.1) is 10.7 Å². The van der Waals surface area contributed by atoms with Crippen LogP contribution in [0.3, 0.4) is 0 Å². The SMILES string of the molecule is CCCc1nc(CN2CCC(C=O)CC2)cs1. The molecule has 1 aliphatic rings. The fourth-order valence-corrected chi connectivity index (χ4v) is 3.12. The van der Waals surface area contributed by atoms with Crippen molar-refractivity contribution in [2.75, 3.05) is 13.1 Å². The molecule has 0 saturated carbocycles. The zero-order chi connectivity index (χ0) is 12.1. The number of carbonyl (C=O) groups excluding carboxylic acids is 1. The zero-order valence-corrected chi connectivity index (χ0v) is 11.2. The summed E-state index contributed by atoms with van der Waals surface area (Å²) in [5, 5.41) is 3.43. The molecule has 2 heterocycles. The number of piperidine rings is 1. The van der Waals surface area contributed by atoms with Gasteiger partial charge in [-0.2, -0.15) is 0 Å². The largest absolute Gasteiger partial charge is 0.303 e. The quantitative estimate of drug-likeness (QED) is 0.755. The van der Waals surface area contributed by atoms with Gasteiger partial charge in [-0.25, -0.2) is 4.98 Å². The number of rotatable bonds is 5. The maximum atomic E-state index is 10.7. The lowest BCUT2D eigenvalue weighted by molar-refractivity contribution is -0.112. The number of nitrogens with zero attached hydrogens (tertiary/aromatic N) is 2. The Kier molecular flexibility index (Phi) is 4.68. The summed E-state index contributed by atoms with van der Waals surface area (Å²) in [7, 11) is 0. The minimum absolute atomic E-state index is 0.289. The number of likely N-dealkylation sites (tertiary alicyclic amines) is 1. The molecule has 1 aromatic rings. The average molecular weight is 252 g/mol. The molecule has 1 saturated heterocycles. The topological polar surface area (TPSA) is 33.2 Å². The molecule has 1 aromatic heterocycles. The van der Waals surface area contributed by atoms with Gasteiger partial charge in [0.1, 0.15) is 6.29 Å². The number of aryl methyl sites for hydroxylation is 1. The molecule has 4 heteroatoms. The number of hydrogen-bond donors (Lipinski definition) is 0. The summed E-state index contributed by atoms with van der Waals surface area (Å²) < 4.78 is 0. The van der Waals surface area contributed by atoms with Gasteiger partial charge in [0.25, 0.3) is 0 Å². The van der Waals surface area contributed by atoms with Crippen molar-refractivity contribution < 1.29 is 4.79 Å². The molecule has 0 atom stereocenters. The molecular weight excluding hydrogens is 232 g/mol. The highest BCUT2D eigenvalue weighted by atomic mass is 32.1. The second-order valence-electron chi connectivity index (χ2n) is 4.73. The summed E-state index contributed by atoms with van der Waals surface area (Å²) >= 11 is 1.77. The van der Waals surface area contributed by atoms with E-state index in [1.54, 1.807) is 11.3 Å². The van der Waals surface area contributed by atoms with Crippen LogP contribution in [0.1, 0.15) is 36.9 Å². The minimum Gasteiger partial charge on any atom is -0.303 e. The van der Waals surface area contributed by atoms with Crippen molar-refractivity contribution in [3.63, 3.8) is 0 Å². The van der Waals surface area contributed by atoms with Gasteiger partial charge in [-0.3, -0.25) is 4.90 Å². The fraction of sp³-hybridized carbons (Fsp3) is 0.692. The van der Waals surface area contributed by atoms with Crippen LogP contribution in [-0.4, -0.2) is 29.3 Å². The van der Waals surface area contributed by atoms with Crippen LogP contribution in [0, 0.1) is 5.92 Å². The Labute approximate surface area is 107 Å². The van der Waals surface area contributed by atoms with Gasteiger partial charge in [-0.05, 0) is 38.8 Å². The van der Waals surface area contributed by atoms with Crippen LogP contribution in [0.25, 0.3) is 0 Å². The number of aldehydes is 1. The minimum atomic E-state index is 0.289. The van der Waals surface area contributed by atoms with E-state index < -0.39 is 0 Å². The first-order valence-electron chi connectivity index (χ1n) is 6.42. The molecule has 94 valence electrons. The van der Waals surface area contributed by atoms with Gasteiger partial charge < -0.3 is 4.79 Å². The van der Waals surface area contributed by atoms with Crippen molar-refractivity contribution in [1.82, 2.24) is 9.88 Å². The predicted molar refractivity (Wildman–Crippen MR) is 70.2 cm³/mol. The van der Waals surface area contributed by atoms with E-state index in [0.29, 0.717) is 0 Å². The molecule has 17 heavy (non-hydrogen) atoms. The molecule has 0 unspecified atom stereocenters. The van der Waals surface area contributed by atoms with E-state index in [-0.39, 0.29) is 5.92 Å². The van der Waals surface area contributed by atoms with E-state index in [4.69, 9.17) is 0 Å². The Hall–Kier alpha value is -0.740. The number of hydrogen-bond acceptors (Lipinski definition) is 4. The summed E-state index contributed by atoms with van der Waals surface area (Å²) in [6, 6.07) is 0. The van der Waals surface area contributed by atoms with Crippen LogP contribution in [0.4, 0.5) is 0 Å². The molecule has 0 N–H and O–H groups in total. The third-order valence-electron chi connectivity index (χ3n) is 3.27. The third kappa shape index (κ3) is 3.61. The monoisotopic (exact) mass is 252 g/mol. The van der Waals surface area contributed by atoms with Crippen molar-refractivity contribution >= 4 is 17.6 Å². The average Bonchev–Trinajstić information content (AvgIpc) is 2.78. The van der Waals surface area contributed by atoms with Gasteiger partial charge >= 0.3 is 0 Å². The van der Waals surface area contributed by atoms with Crippen molar-refractivity contribution in [1.29, 1.82) is 0 Å². The Balaban J connectivity index is 1.82. The van der Waals surface area contributed by atoms with Crippen LogP contribution in [-0.2, 0) is 17.8 Å². The van der Waals surface area contributed by atoms with Gasteiger partial charge in [0, 0.05) is 17.8 Å². The van der Waals surface area contributed by atoms with E-state index in [0.717, 1.165) is 51.6 Å². The molecule has 0 bridgehead atoms. The maximum absolute atomic E-state index is 10.7. The standard InChI is InChI=1S/C13H20N2OS/c1-2-3-13-14-12(10-17-13)8-15-6-4-11(9-16)5-7-15/h9-11H,2-8H2,1H3. The Morgan fingerprint density at radius 2 is 2.29 bits per heavy atom. The molecule has 1 aliphatic heterocycles. The lowest BCUT2D eigenvalue weighted by Crippen LogP contribution is -2.33. The lowest BCUT2D eigenvalue weighted by Gasteiger charge is -2.28. The van der Waals surface area contributed by atoms with E-state index in [1.165, 1.54) is 10.7 Å². The molecule has 2 rings (SSSR count). The molecule has 0 aliphatic carbocycles. The van der Waals surface area contributed by atoms with E-state index in [1.807, 2.05) is 0 Å². The van der Waals surface area contributed by atoms with E-state index in [9.17, 15) is 4.79 Å². The molecular formula is C13H20N2OS. The molecule has 0 spiro atoms. The highest BCUT2D eigenvalue weighted by Gasteiger charge is 2.19. The predicted octanol–water partition coefficient (Wildman–Crippen LogP) is 2.51. The number of carbonyl (C=O) groups is 1. The summed E-state index contributed by atoms with van der Waals surface area (Å²) in [4.78, 5) is 17.7. The van der Waals surface area contributed by atoms with Crippen molar-refractivity contribution in [3.05, 3.63) is 16.1 Å². The van der Waals surface area contributed by atoms with Crippen LogP contribution < -0.4 is 0 Å². The van der Waals surface area contributed by atoms with Crippen molar-refractivity contribution in [2.45, 2.75) is 39.2 Å². The number of thiazole rings is 1. The molecule has 0 radical (unpaired) electrons. The first-order chi connectivity index (χ1) is 8.31. The molecule has 0 amide bonds. The van der Waals surface area contributed by atoms with Crippen LogP contribution in [0.15, 0.2) is 5.38 Å². The van der Waals surface area contributed by atoms with Gasteiger partial charge in [0.15, 0.2) is 0 Å². The highest BCUT2D eigenvalue weighted by molar-refractivity contribution is 7.09. The van der Waals surface area contributed by atoms with Crippen molar-refractivity contribution in [3.8, 4) is 0 Å². The normalized spacial score (nSPS) is 18.4. The summed E-state index contributed by atoms with van der Waals surface area (Å²) in [5.41, 5.74) is 1.20. The molecule has 3 nitrogen and oxygen atoms in total. The van der Waals surface area contributed by atoms with E-state index >= 15 is 0 Å². The maximum Gasteiger partial charge on any atom is 0.123 e. The van der Waals surface area contributed by atoms with Gasteiger partial charge in [-0.1, -0.05) is 6.92 Å². The zero-order valence-electron chi connectivity index (χ0n) is 10.4. The fourth-order valence-electron chi connectivity index (χ4n) is 2.23. The molecule has 0 aromatic carbocycles. The highest BCUT2D eigenvalue weighted by Crippen LogP contribution is 2.18. The Morgan fingerprint density at radius 3 is 2.94 bits per heavy atom. The van der Waals surface area contributed by atoms with Crippen LogP contribution >= 0.6 is 11.3 Å². The Morgan fingerprint density at radius 1 is 1.53 bits per heavy atom. The second-order valence-corrected chi connectivity index (χ2v) is 5.67. The van der Waals surface area contributed by atoms with Crippen LogP contribution in [0.2, 0.25) is 0 Å². The lowest BCUT2D eigenvalue weighted by atomic mass is 9.99. The van der Waals surface area contributed by atoms with Gasteiger partial charge in [-0.15, -0.1) is 11.3 Å². The third-order valence-corrected chi connectivity index (χ3v) is 4.23. The summed E-state index contributed by atoms with van der Waals surface area (Å²) in [6.07, 6.45) is 5.39. The van der Waals surface area contributed by atoms with Crippen molar-refractivity contribution in [2.24, 2.45) is 5.92 Å². The first kappa shape index (κ1) is 12.7. The van der Waals surface area contributed by atoms with E-state index in [2.05, 4.69) is 22.2 Å². The smallest absolute Gasteiger partial charge is 0.123 e. The first-order valence-corrected chi connectivity index (χ1v) is 7.30. The summed E-state index contributed by atoms with van der Waals surface area (Å²) in [5.74, 6) is 0.289. The Bertz CT molecular complexity index is 356. The van der Waals surface area contributed by atoms with Crippen LogP contribution in [0.5, 0.6) is 0 Å².